The van der Waals surface area contributed by atoms with Crippen LogP contribution in [-0.2, 0) is 16.1 Å². The maximum atomic E-state index is 13.1. The van der Waals surface area contributed by atoms with Gasteiger partial charge in [0.2, 0.25) is 11.8 Å². The summed E-state index contributed by atoms with van der Waals surface area (Å²) in [6, 6.07) is 15.3. The summed E-state index contributed by atoms with van der Waals surface area (Å²) in [6.45, 7) is 8.90. The molecular formula is C25H34N2O3S. The molecule has 1 atom stereocenters. The Morgan fingerprint density at radius 1 is 1.10 bits per heavy atom. The van der Waals surface area contributed by atoms with E-state index in [4.69, 9.17) is 4.74 Å². The molecule has 31 heavy (non-hydrogen) atoms. The zero-order chi connectivity index (χ0) is 22.8. The second kappa shape index (κ2) is 12.4. The lowest BCUT2D eigenvalue weighted by molar-refractivity contribution is -0.140. The molecule has 2 rings (SSSR count). The van der Waals surface area contributed by atoms with Gasteiger partial charge < -0.3 is 15.0 Å². The molecule has 0 radical (unpaired) electrons. The fraction of sp³-hybridized carbons (Fsp3) is 0.440. The third kappa shape index (κ3) is 8.29. The van der Waals surface area contributed by atoms with Gasteiger partial charge in [0.15, 0.2) is 0 Å². The van der Waals surface area contributed by atoms with Gasteiger partial charge in [0, 0.05) is 30.2 Å². The smallest absolute Gasteiger partial charge is 0.242 e. The Balaban J connectivity index is 2.07. The van der Waals surface area contributed by atoms with Crippen LogP contribution in [0.15, 0.2) is 53.4 Å². The Kier molecular flexibility index (Phi) is 9.92. The molecule has 0 heterocycles. The molecule has 0 spiro atoms. The van der Waals surface area contributed by atoms with Crippen molar-refractivity contribution in [2.24, 2.45) is 5.92 Å². The van der Waals surface area contributed by atoms with Crippen molar-refractivity contribution in [2.45, 2.75) is 51.6 Å². The van der Waals surface area contributed by atoms with Crippen LogP contribution in [0.4, 0.5) is 0 Å². The van der Waals surface area contributed by atoms with E-state index in [1.807, 2.05) is 38.1 Å². The van der Waals surface area contributed by atoms with Crippen LogP contribution >= 0.6 is 11.8 Å². The van der Waals surface area contributed by atoms with Crippen molar-refractivity contribution in [3.63, 3.8) is 0 Å². The van der Waals surface area contributed by atoms with Gasteiger partial charge in [-0.05, 0) is 49.6 Å². The quantitative estimate of drug-likeness (QED) is 0.514. The number of methoxy groups -OCH3 is 1. The van der Waals surface area contributed by atoms with Crippen molar-refractivity contribution >= 4 is 23.6 Å². The van der Waals surface area contributed by atoms with Crippen LogP contribution in [-0.4, -0.2) is 42.2 Å². The molecule has 2 aromatic rings. The van der Waals surface area contributed by atoms with E-state index in [1.54, 1.807) is 30.7 Å². The monoisotopic (exact) mass is 442 g/mol. The first kappa shape index (κ1) is 24.8. The standard InChI is InChI=1S/C25H34N2O3S/c1-18(2)16-26-25(29)20(4)27(17-21-7-6-8-22(15-21)30-5)24(28)13-14-31-23-11-9-19(3)10-12-23/h6-12,15,18,20H,13-14,16-17H2,1-5H3,(H,26,29)/t20-/m0/s1. The predicted molar refractivity (Wildman–Crippen MR) is 127 cm³/mol. The van der Waals surface area contributed by atoms with Gasteiger partial charge in [-0.2, -0.15) is 0 Å². The minimum Gasteiger partial charge on any atom is -0.497 e. The van der Waals surface area contributed by atoms with Gasteiger partial charge in [0.25, 0.3) is 0 Å². The molecule has 0 fully saturated rings. The highest BCUT2D eigenvalue weighted by Crippen LogP contribution is 2.21. The molecule has 0 aliphatic heterocycles. The zero-order valence-corrected chi connectivity index (χ0v) is 20.0. The highest BCUT2D eigenvalue weighted by atomic mass is 32.2. The first-order chi connectivity index (χ1) is 14.8. The van der Waals surface area contributed by atoms with Gasteiger partial charge in [0.1, 0.15) is 11.8 Å². The normalized spacial score (nSPS) is 11.8. The summed E-state index contributed by atoms with van der Waals surface area (Å²) in [5.41, 5.74) is 2.15. The Morgan fingerprint density at radius 2 is 1.81 bits per heavy atom. The Hall–Kier alpha value is -2.47. The van der Waals surface area contributed by atoms with Crippen LogP contribution in [0.5, 0.6) is 5.75 Å². The minimum atomic E-state index is -0.554. The Labute approximate surface area is 190 Å². The third-order valence-electron chi connectivity index (χ3n) is 4.94. The van der Waals surface area contributed by atoms with Crippen molar-refractivity contribution in [3.05, 3.63) is 59.7 Å². The van der Waals surface area contributed by atoms with Crippen LogP contribution in [0, 0.1) is 12.8 Å². The molecule has 0 unspecified atom stereocenters. The van der Waals surface area contributed by atoms with Crippen molar-refractivity contribution in [2.75, 3.05) is 19.4 Å². The summed E-state index contributed by atoms with van der Waals surface area (Å²) in [4.78, 5) is 28.6. The van der Waals surface area contributed by atoms with Crippen LogP contribution < -0.4 is 10.1 Å². The largest absolute Gasteiger partial charge is 0.497 e. The fourth-order valence-electron chi connectivity index (χ4n) is 3.04. The van der Waals surface area contributed by atoms with Crippen LogP contribution in [0.1, 0.15) is 38.3 Å². The number of carbonyl (C=O) groups is 2. The number of amides is 2. The average molecular weight is 443 g/mol. The zero-order valence-electron chi connectivity index (χ0n) is 19.2. The second-order valence-corrected chi connectivity index (χ2v) is 9.27. The molecule has 0 saturated heterocycles. The van der Waals surface area contributed by atoms with E-state index in [9.17, 15) is 9.59 Å². The number of thioether (sulfide) groups is 1. The summed E-state index contributed by atoms with van der Waals surface area (Å²) in [5.74, 6) is 1.59. The molecule has 168 valence electrons. The van der Waals surface area contributed by atoms with Gasteiger partial charge in [-0.3, -0.25) is 9.59 Å². The Morgan fingerprint density at radius 3 is 2.45 bits per heavy atom. The molecular weight excluding hydrogens is 408 g/mol. The molecule has 0 aromatic heterocycles. The SMILES string of the molecule is COc1cccc(CN(C(=O)CCSc2ccc(C)cc2)[C@@H](C)C(=O)NCC(C)C)c1. The van der Waals surface area contributed by atoms with Gasteiger partial charge in [-0.1, -0.05) is 43.7 Å². The van der Waals surface area contributed by atoms with E-state index < -0.39 is 6.04 Å². The summed E-state index contributed by atoms with van der Waals surface area (Å²) < 4.78 is 5.31. The average Bonchev–Trinajstić information content (AvgIpc) is 2.76. The first-order valence-electron chi connectivity index (χ1n) is 10.7. The number of ether oxygens (including phenoxy) is 1. The van der Waals surface area contributed by atoms with Gasteiger partial charge in [-0.15, -0.1) is 11.8 Å². The molecule has 0 aliphatic carbocycles. The van der Waals surface area contributed by atoms with Crippen molar-refractivity contribution in [1.82, 2.24) is 10.2 Å². The topological polar surface area (TPSA) is 58.6 Å². The number of carbonyl (C=O) groups excluding carboxylic acids is 2. The number of hydrogen-bond donors (Lipinski definition) is 1. The second-order valence-electron chi connectivity index (χ2n) is 8.10. The van der Waals surface area contributed by atoms with Gasteiger partial charge in [0.05, 0.1) is 7.11 Å². The van der Waals surface area contributed by atoms with Gasteiger partial charge in [-0.25, -0.2) is 0 Å². The van der Waals surface area contributed by atoms with E-state index >= 15 is 0 Å². The van der Waals surface area contributed by atoms with Crippen LogP contribution in [0.25, 0.3) is 0 Å². The van der Waals surface area contributed by atoms with Crippen molar-refractivity contribution in [3.8, 4) is 5.75 Å². The third-order valence-corrected chi connectivity index (χ3v) is 5.96. The lowest BCUT2D eigenvalue weighted by atomic mass is 10.1. The molecule has 0 aliphatic rings. The maximum Gasteiger partial charge on any atom is 0.242 e. The minimum absolute atomic E-state index is 0.0328. The molecule has 0 saturated carbocycles. The number of aryl methyl sites for hydroxylation is 1. The number of rotatable bonds is 11. The fourth-order valence-corrected chi connectivity index (χ4v) is 3.88. The molecule has 2 amide bonds. The summed E-state index contributed by atoms with van der Waals surface area (Å²) >= 11 is 1.65. The van der Waals surface area contributed by atoms with E-state index in [1.165, 1.54) is 5.56 Å². The van der Waals surface area contributed by atoms with Crippen molar-refractivity contribution in [1.29, 1.82) is 0 Å². The van der Waals surface area contributed by atoms with Gasteiger partial charge >= 0.3 is 0 Å². The van der Waals surface area contributed by atoms with E-state index in [2.05, 4.69) is 36.5 Å². The Bertz CT molecular complexity index is 852. The summed E-state index contributed by atoms with van der Waals surface area (Å²) in [6.07, 6.45) is 0.365. The maximum absolute atomic E-state index is 13.1. The highest BCUT2D eigenvalue weighted by molar-refractivity contribution is 7.99. The number of hydrogen-bond acceptors (Lipinski definition) is 4. The van der Waals surface area contributed by atoms with Crippen LogP contribution in [0.3, 0.4) is 0 Å². The molecule has 2 aromatic carbocycles. The first-order valence-corrected chi connectivity index (χ1v) is 11.7. The predicted octanol–water partition coefficient (Wildman–Crippen LogP) is 4.68. The lowest BCUT2D eigenvalue weighted by Crippen LogP contribution is -2.48. The molecule has 5 nitrogen and oxygen atoms in total. The molecule has 1 N–H and O–H groups in total. The molecule has 0 bridgehead atoms. The summed E-state index contributed by atoms with van der Waals surface area (Å²) in [5, 5.41) is 2.95. The highest BCUT2D eigenvalue weighted by Gasteiger charge is 2.26. The van der Waals surface area contributed by atoms with E-state index in [-0.39, 0.29) is 11.8 Å². The number of nitrogens with zero attached hydrogens (tertiary/aromatic N) is 1. The number of benzene rings is 2. The van der Waals surface area contributed by atoms with E-state index in [0.29, 0.717) is 31.2 Å². The summed E-state index contributed by atoms with van der Waals surface area (Å²) in [7, 11) is 1.62. The molecule has 6 heteroatoms. The van der Waals surface area contributed by atoms with Crippen molar-refractivity contribution < 1.29 is 14.3 Å². The van der Waals surface area contributed by atoms with Crippen LogP contribution in [0.2, 0.25) is 0 Å². The van der Waals surface area contributed by atoms with E-state index in [0.717, 1.165) is 16.2 Å². The number of nitrogens with one attached hydrogen (secondary N) is 1. The lowest BCUT2D eigenvalue weighted by Gasteiger charge is -2.29.